The molecule has 0 amide bonds. The Bertz CT molecular complexity index is 279. The molecule has 0 saturated heterocycles. The first-order chi connectivity index (χ1) is 5.65. The standard InChI is InChI=1S/C8H14N4/c1-4-10-7(9)8-11-5(2)6(3)12-8/h4H2,1-3H3,(H2,9,10)(H,11,12). The van der Waals surface area contributed by atoms with Crippen LogP contribution < -0.4 is 5.73 Å². The molecule has 4 nitrogen and oxygen atoms in total. The molecule has 0 atom stereocenters. The largest absolute Gasteiger partial charge is 0.381 e. The van der Waals surface area contributed by atoms with Crippen molar-refractivity contribution in [2.75, 3.05) is 6.54 Å². The minimum absolute atomic E-state index is 0.480. The lowest BCUT2D eigenvalue weighted by molar-refractivity contribution is 1.10. The molecule has 1 aromatic heterocycles. The number of nitrogens with zero attached hydrogens (tertiary/aromatic N) is 2. The van der Waals surface area contributed by atoms with Gasteiger partial charge in [-0.3, -0.25) is 4.99 Å². The number of nitrogens with one attached hydrogen (secondary N) is 1. The molecule has 1 rings (SSSR count). The van der Waals surface area contributed by atoms with Crippen LogP contribution in [0.25, 0.3) is 0 Å². The van der Waals surface area contributed by atoms with Crippen molar-refractivity contribution in [2.45, 2.75) is 20.8 Å². The summed E-state index contributed by atoms with van der Waals surface area (Å²) >= 11 is 0. The number of amidine groups is 1. The maximum atomic E-state index is 5.64. The van der Waals surface area contributed by atoms with Gasteiger partial charge in [0, 0.05) is 12.2 Å². The van der Waals surface area contributed by atoms with Crippen LogP contribution in [0, 0.1) is 13.8 Å². The van der Waals surface area contributed by atoms with E-state index in [2.05, 4.69) is 15.0 Å². The SMILES string of the molecule is CCN=C(N)c1nc(C)c(C)[nH]1. The van der Waals surface area contributed by atoms with Crippen LogP contribution in [0.1, 0.15) is 24.1 Å². The Morgan fingerprint density at radius 3 is 2.67 bits per heavy atom. The van der Waals surface area contributed by atoms with Gasteiger partial charge >= 0.3 is 0 Å². The zero-order valence-corrected chi connectivity index (χ0v) is 7.68. The minimum Gasteiger partial charge on any atom is -0.381 e. The fourth-order valence-corrected chi connectivity index (χ4v) is 0.914. The molecular weight excluding hydrogens is 152 g/mol. The van der Waals surface area contributed by atoms with Gasteiger partial charge < -0.3 is 10.7 Å². The van der Waals surface area contributed by atoms with E-state index in [0.29, 0.717) is 18.2 Å². The summed E-state index contributed by atoms with van der Waals surface area (Å²) < 4.78 is 0. The van der Waals surface area contributed by atoms with E-state index in [1.54, 1.807) is 0 Å². The summed E-state index contributed by atoms with van der Waals surface area (Å²) in [5.41, 5.74) is 7.66. The van der Waals surface area contributed by atoms with Crippen molar-refractivity contribution in [3.8, 4) is 0 Å². The Morgan fingerprint density at radius 1 is 1.58 bits per heavy atom. The van der Waals surface area contributed by atoms with Gasteiger partial charge in [-0.25, -0.2) is 4.98 Å². The molecule has 4 heteroatoms. The van der Waals surface area contributed by atoms with E-state index in [4.69, 9.17) is 5.73 Å². The first kappa shape index (κ1) is 8.77. The van der Waals surface area contributed by atoms with Gasteiger partial charge in [0.2, 0.25) is 0 Å². The van der Waals surface area contributed by atoms with Crippen LogP contribution in [0.2, 0.25) is 0 Å². The van der Waals surface area contributed by atoms with Crippen molar-refractivity contribution >= 4 is 5.84 Å². The minimum atomic E-state index is 0.480. The molecule has 0 aliphatic heterocycles. The Labute approximate surface area is 71.9 Å². The first-order valence-electron chi connectivity index (χ1n) is 3.98. The van der Waals surface area contributed by atoms with E-state index >= 15 is 0 Å². The number of aryl methyl sites for hydroxylation is 2. The molecule has 0 bridgehead atoms. The van der Waals surface area contributed by atoms with Gasteiger partial charge in [0.05, 0.1) is 5.69 Å². The van der Waals surface area contributed by atoms with E-state index in [1.165, 1.54) is 0 Å². The first-order valence-corrected chi connectivity index (χ1v) is 3.98. The van der Waals surface area contributed by atoms with E-state index in [9.17, 15) is 0 Å². The van der Waals surface area contributed by atoms with Crippen LogP contribution in [0.15, 0.2) is 4.99 Å². The van der Waals surface area contributed by atoms with Gasteiger partial charge in [-0.15, -0.1) is 0 Å². The third-order valence-corrected chi connectivity index (χ3v) is 1.70. The van der Waals surface area contributed by atoms with Gasteiger partial charge in [0.25, 0.3) is 0 Å². The Kier molecular flexibility index (Phi) is 2.47. The summed E-state index contributed by atoms with van der Waals surface area (Å²) in [6.45, 7) is 6.53. The van der Waals surface area contributed by atoms with Gasteiger partial charge in [-0.05, 0) is 20.8 Å². The molecule has 0 aromatic carbocycles. The van der Waals surface area contributed by atoms with Crippen molar-refractivity contribution < 1.29 is 0 Å². The lowest BCUT2D eigenvalue weighted by Gasteiger charge is -1.92. The Balaban J connectivity index is 2.96. The van der Waals surface area contributed by atoms with Gasteiger partial charge in [0.1, 0.15) is 0 Å². The summed E-state index contributed by atoms with van der Waals surface area (Å²) in [5.74, 6) is 1.15. The molecule has 3 N–H and O–H groups in total. The number of nitrogens with two attached hydrogens (primary N) is 1. The number of imidazole rings is 1. The zero-order chi connectivity index (χ0) is 9.14. The van der Waals surface area contributed by atoms with Gasteiger partial charge in [-0.2, -0.15) is 0 Å². The lowest BCUT2D eigenvalue weighted by atomic mass is 10.4. The monoisotopic (exact) mass is 166 g/mol. The summed E-state index contributed by atoms with van der Waals surface area (Å²) in [6, 6.07) is 0. The third kappa shape index (κ3) is 1.64. The second-order valence-electron chi connectivity index (χ2n) is 2.66. The molecule has 0 radical (unpaired) electrons. The van der Waals surface area contributed by atoms with Crippen LogP contribution in [0.4, 0.5) is 0 Å². The summed E-state index contributed by atoms with van der Waals surface area (Å²) in [6.07, 6.45) is 0. The normalized spacial score (nSPS) is 12.1. The van der Waals surface area contributed by atoms with Crippen LogP contribution >= 0.6 is 0 Å². The smallest absolute Gasteiger partial charge is 0.173 e. The average molecular weight is 166 g/mol. The molecule has 1 aromatic rings. The molecular formula is C8H14N4. The number of aliphatic imine (C=N–C) groups is 1. The maximum absolute atomic E-state index is 5.64. The number of aromatic amines is 1. The molecule has 12 heavy (non-hydrogen) atoms. The summed E-state index contributed by atoms with van der Waals surface area (Å²) in [7, 11) is 0. The van der Waals surface area contributed by atoms with E-state index in [-0.39, 0.29) is 0 Å². The quantitative estimate of drug-likeness (QED) is 0.503. The third-order valence-electron chi connectivity index (χ3n) is 1.70. The van der Waals surface area contributed by atoms with Crippen molar-refractivity contribution in [3.63, 3.8) is 0 Å². The number of hydrogen-bond donors (Lipinski definition) is 2. The fourth-order valence-electron chi connectivity index (χ4n) is 0.914. The average Bonchev–Trinajstić information content (AvgIpc) is 2.33. The number of rotatable bonds is 2. The summed E-state index contributed by atoms with van der Waals surface area (Å²) in [5, 5.41) is 0. The van der Waals surface area contributed by atoms with Crippen molar-refractivity contribution in [3.05, 3.63) is 17.2 Å². The number of aromatic nitrogens is 2. The second-order valence-corrected chi connectivity index (χ2v) is 2.66. The van der Waals surface area contributed by atoms with Crippen LogP contribution in [-0.4, -0.2) is 22.3 Å². The fraction of sp³-hybridized carbons (Fsp3) is 0.500. The molecule has 0 aliphatic carbocycles. The topological polar surface area (TPSA) is 67.1 Å². The highest BCUT2D eigenvalue weighted by atomic mass is 15.0. The highest BCUT2D eigenvalue weighted by molar-refractivity contribution is 5.94. The van der Waals surface area contributed by atoms with Crippen molar-refractivity contribution in [1.29, 1.82) is 0 Å². The van der Waals surface area contributed by atoms with E-state index < -0.39 is 0 Å². The van der Waals surface area contributed by atoms with Crippen LogP contribution in [-0.2, 0) is 0 Å². The zero-order valence-electron chi connectivity index (χ0n) is 7.68. The van der Waals surface area contributed by atoms with Gasteiger partial charge in [-0.1, -0.05) is 0 Å². The lowest BCUT2D eigenvalue weighted by Crippen LogP contribution is -2.15. The molecule has 66 valence electrons. The highest BCUT2D eigenvalue weighted by Gasteiger charge is 2.04. The molecule has 0 aliphatic rings. The van der Waals surface area contributed by atoms with E-state index in [0.717, 1.165) is 11.4 Å². The molecule has 1 heterocycles. The Hall–Kier alpha value is -1.32. The molecule has 0 fully saturated rings. The predicted octanol–water partition coefficient (Wildman–Crippen LogP) is 0.752. The van der Waals surface area contributed by atoms with Crippen molar-refractivity contribution in [2.24, 2.45) is 10.7 Å². The number of hydrogen-bond acceptors (Lipinski definition) is 2. The predicted molar refractivity (Wildman–Crippen MR) is 49.3 cm³/mol. The Morgan fingerprint density at radius 2 is 2.25 bits per heavy atom. The molecule has 0 spiro atoms. The second kappa shape index (κ2) is 3.38. The van der Waals surface area contributed by atoms with Gasteiger partial charge in [0.15, 0.2) is 11.7 Å². The van der Waals surface area contributed by atoms with E-state index in [1.807, 2.05) is 20.8 Å². The van der Waals surface area contributed by atoms with Crippen LogP contribution in [0.5, 0.6) is 0 Å². The highest BCUT2D eigenvalue weighted by Crippen LogP contribution is 2.01. The molecule has 0 saturated carbocycles. The number of H-pyrrole nitrogens is 1. The summed E-state index contributed by atoms with van der Waals surface area (Å²) in [4.78, 5) is 11.3. The maximum Gasteiger partial charge on any atom is 0.173 e. The molecule has 0 unspecified atom stereocenters. The van der Waals surface area contributed by atoms with Crippen LogP contribution in [0.3, 0.4) is 0 Å². The van der Waals surface area contributed by atoms with Crippen molar-refractivity contribution in [1.82, 2.24) is 9.97 Å².